The molecule has 1 aromatic rings. The number of aryl methyl sites for hydroxylation is 1. The van der Waals surface area contributed by atoms with Gasteiger partial charge in [-0.3, -0.25) is 4.79 Å². The number of hydrogen-bond donors (Lipinski definition) is 2. The number of benzene rings is 1. The second-order valence-corrected chi connectivity index (χ2v) is 6.51. The van der Waals surface area contributed by atoms with Crippen LogP contribution in [0.15, 0.2) is 18.2 Å². The Bertz CT molecular complexity index is 583. The van der Waals surface area contributed by atoms with Crippen molar-refractivity contribution >= 4 is 36.4 Å². The van der Waals surface area contributed by atoms with Crippen molar-refractivity contribution in [3.8, 4) is 0 Å². The molecular weight excluding hydrogens is 377 g/mol. The van der Waals surface area contributed by atoms with Crippen molar-refractivity contribution in [2.75, 3.05) is 37.7 Å². The van der Waals surface area contributed by atoms with Gasteiger partial charge in [0.1, 0.15) is 6.10 Å². The van der Waals surface area contributed by atoms with Gasteiger partial charge in [-0.2, -0.15) is 0 Å². The normalized spacial score (nSPS) is 22.3. The lowest BCUT2D eigenvalue weighted by Gasteiger charge is -2.31. The summed E-state index contributed by atoms with van der Waals surface area (Å²) in [6.45, 7) is 6.34. The van der Waals surface area contributed by atoms with Crippen LogP contribution in [0.1, 0.15) is 24.0 Å². The fourth-order valence-electron chi connectivity index (χ4n) is 3.29. The second-order valence-electron chi connectivity index (χ2n) is 6.51. The van der Waals surface area contributed by atoms with Crippen molar-refractivity contribution in [2.45, 2.75) is 38.5 Å². The molecule has 0 saturated carbocycles. The van der Waals surface area contributed by atoms with Crippen molar-refractivity contribution in [2.24, 2.45) is 5.73 Å². The van der Waals surface area contributed by atoms with E-state index < -0.39 is 0 Å². The Labute approximate surface area is 167 Å². The van der Waals surface area contributed by atoms with E-state index in [9.17, 15) is 4.79 Å². The number of rotatable bonds is 5. The maximum atomic E-state index is 12.3. The lowest BCUT2D eigenvalue weighted by atomic mass is 10.1. The minimum Gasteiger partial charge on any atom is -0.378 e. The van der Waals surface area contributed by atoms with Crippen LogP contribution in [0.5, 0.6) is 0 Å². The number of nitrogens with zero attached hydrogens (tertiary/aromatic N) is 1. The fraction of sp³-hybridized carbons (Fsp3) is 0.611. The summed E-state index contributed by atoms with van der Waals surface area (Å²) in [6.07, 6.45) is 1.26. The van der Waals surface area contributed by atoms with Crippen molar-refractivity contribution in [3.63, 3.8) is 0 Å². The van der Waals surface area contributed by atoms with Gasteiger partial charge in [0, 0.05) is 31.9 Å². The summed E-state index contributed by atoms with van der Waals surface area (Å²) < 4.78 is 11.1. The maximum Gasteiger partial charge on any atom is 0.249 e. The van der Waals surface area contributed by atoms with Gasteiger partial charge in [-0.05, 0) is 37.0 Å². The zero-order chi connectivity index (χ0) is 16.9. The molecule has 3 N–H and O–H groups in total. The molecule has 2 saturated heterocycles. The third-order valence-corrected chi connectivity index (χ3v) is 4.71. The molecule has 2 heterocycles. The van der Waals surface area contributed by atoms with Gasteiger partial charge in [-0.15, -0.1) is 24.8 Å². The third kappa shape index (κ3) is 5.72. The van der Waals surface area contributed by atoms with Crippen LogP contribution in [0.3, 0.4) is 0 Å². The number of amides is 1. The summed E-state index contributed by atoms with van der Waals surface area (Å²) in [7, 11) is 0. The first-order valence-corrected chi connectivity index (χ1v) is 8.73. The van der Waals surface area contributed by atoms with E-state index in [0.29, 0.717) is 13.1 Å². The molecule has 2 atom stereocenters. The molecule has 6 nitrogen and oxygen atoms in total. The first-order valence-electron chi connectivity index (χ1n) is 8.73. The quantitative estimate of drug-likeness (QED) is 0.780. The summed E-state index contributed by atoms with van der Waals surface area (Å²) in [6, 6.07) is 6.36. The molecule has 1 aromatic carbocycles. The standard InChI is InChI=1S/C18H27N3O3.2ClH/c1-13-2-3-14(16(10-13)21-6-8-23-9-7-21)12-20-18(22)17-5-4-15(11-19)24-17;;/h2-3,10,15,17H,4-9,11-12,19H2,1H3,(H,20,22);2*1H/t15-,17+;;/m1../s1. The molecule has 0 unspecified atom stereocenters. The van der Waals surface area contributed by atoms with E-state index in [1.54, 1.807) is 0 Å². The average Bonchev–Trinajstić information content (AvgIpc) is 3.10. The number of morpholine rings is 1. The van der Waals surface area contributed by atoms with E-state index in [4.69, 9.17) is 15.2 Å². The Morgan fingerprint density at radius 1 is 1.27 bits per heavy atom. The van der Waals surface area contributed by atoms with Crippen LogP contribution in [-0.2, 0) is 20.8 Å². The SMILES string of the molecule is Cc1ccc(CNC(=O)[C@@H]2CC[C@H](CN)O2)c(N2CCOCC2)c1.Cl.Cl. The van der Waals surface area contributed by atoms with E-state index in [0.717, 1.165) is 44.7 Å². The van der Waals surface area contributed by atoms with Gasteiger partial charge in [0.15, 0.2) is 0 Å². The number of hydrogen-bond acceptors (Lipinski definition) is 5. The minimum absolute atomic E-state index is 0. The number of nitrogens with one attached hydrogen (secondary N) is 1. The highest BCUT2D eigenvalue weighted by Crippen LogP contribution is 2.24. The number of halogens is 2. The first kappa shape index (κ1) is 23.0. The van der Waals surface area contributed by atoms with Gasteiger partial charge in [-0.25, -0.2) is 0 Å². The zero-order valence-corrected chi connectivity index (χ0v) is 16.7. The van der Waals surface area contributed by atoms with Crippen molar-refractivity contribution < 1.29 is 14.3 Å². The number of anilines is 1. The van der Waals surface area contributed by atoms with Crippen LogP contribution >= 0.6 is 24.8 Å². The van der Waals surface area contributed by atoms with Gasteiger partial charge in [-0.1, -0.05) is 12.1 Å². The van der Waals surface area contributed by atoms with E-state index >= 15 is 0 Å². The predicted octanol–water partition coefficient (Wildman–Crippen LogP) is 1.80. The lowest BCUT2D eigenvalue weighted by molar-refractivity contribution is -0.132. The fourth-order valence-corrected chi connectivity index (χ4v) is 3.29. The highest BCUT2D eigenvalue weighted by Gasteiger charge is 2.29. The van der Waals surface area contributed by atoms with Crippen molar-refractivity contribution in [1.29, 1.82) is 0 Å². The molecule has 148 valence electrons. The van der Waals surface area contributed by atoms with Gasteiger partial charge in [0.25, 0.3) is 0 Å². The molecule has 0 aliphatic carbocycles. The molecular formula is C18H29Cl2N3O3. The van der Waals surface area contributed by atoms with E-state index in [1.165, 1.54) is 11.3 Å². The molecule has 3 rings (SSSR count). The molecule has 1 amide bonds. The molecule has 0 radical (unpaired) electrons. The number of carbonyl (C=O) groups excluding carboxylic acids is 1. The first-order chi connectivity index (χ1) is 11.7. The number of carbonyl (C=O) groups is 1. The summed E-state index contributed by atoms with van der Waals surface area (Å²) in [5.41, 5.74) is 9.14. The Kier molecular flexibility index (Phi) is 9.68. The molecule has 8 heteroatoms. The van der Waals surface area contributed by atoms with E-state index in [2.05, 4.69) is 35.3 Å². The molecule has 0 aromatic heterocycles. The topological polar surface area (TPSA) is 76.8 Å². The van der Waals surface area contributed by atoms with Crippen LogP contribution in [-0.4, -0.2) is 51.0 Å². The van der Waals surface area contributed by atoms with Crippen LogP contribution in [0.4, 0.5) is 5.69 Å². The lowest BCUT2D eigenvalue weighted by Crippen LogP contribution is -2.38. The summed E-state index contributed by atoms with van der Waals surface area (Å²) >= 11 is 0. The highest BCUT2D eigenvalue weighted by atomic mass is 35.5. The van der Waals surface area contributed by atoms with Crippen LogP contribution in [0.2, 0.25) is 0 Å². The van der Waals surface area contributed by atoms with Gasteiger partial charge in [0.2, 0.25) is 5.91 Å². The molecule has 2 aliphatic rings. The minimum atomic E-state index is -0.365. The third-order valence-electron chi connectivity index (χ3n) is 4.71. The van der Waals surface area contributed by atoms with E-state index in [-0.39, 0.29) is 42.9 Å². The van der Waals surface area contributed by atoms with Gasteiger partial charge in [0.05, 0.1) is 19.3 Å². The molecule has 0 spiro atoms. The van der Waals surface area contributed by atoms with Crippen LogP contribution in [0.25, 0.3) is 0 Å². The average molecular weight is 406 g/mol. The van der Waals surface area contributed by atoms with Crippen LogP contribution in [0, 0.1) is 6.92 Å². The highest BCUT2D eigenvalue weighted by molar-refractivity contribution is 5.85. The van der Waals surface area contributed by atoms with Crippen molar-refractivity contribution in [1.82, 2.24) is 5.32 Å². The van der Waals surface area contributed by atoms with Crippen molar-refractivity contribution in [3.05, 3.63) is 29.3 Å². The van der Waals surface area contributed by atoms with Crippen LogP contribution < -0.4 is 16.0 Å². The summed E-state index contributed by atoms with van der Waals surface area (Å²) in [5.74, 6) is -0.0422. The second kappa shape index (κ2) is 10.9. The number of nitrogens with two attached hydrogens (primary N) is 1. The summed E-state index contributed by atoms with van der Waals surface area (Å²) in [4.78, 5) is 14.7. The Morgan fingerprint density at radius 3 is 2.65 bits per heavy atom. The smallest absolute Gasteiger partial charge is 0.249 e. The zero-order valence-electron chi connectivity index (χ0n) is 15.1. The summed E-state index contributed by atoms with van der Waals surface area (Å²) in [5, 5.41) is 3.02. The molecule has 2 fully saturated rings. The monoisotopic (exact) mass is 405 g/mol. The number of ether oxygens (including phenoxy) is 2. The predicted molar refractivity (Wildman–Crippen MR) is 108 cm³/mol. The molecule has 26 heavy (non-hydrogen) atoms. The van der Waals surface area contributed by atoms with Gasteiger partial charge < -0.3 is 25.4 Å². The molecule has 0 bridgehead atoms. The molecule has 2 aliphatic heterocycles. The largest absolute Gasteiger partial charge is 0.378 e. The van der Waals surface area contributed by atoms with Gasteiger partial charge >= 0.3 is 0 Å². The maximum absolute atomic E-state index is 12.3. The Balaban J connectivity index is 0.00000169. The Morgan fingerprint density at radius 2 is 2.00 bits per heavy atom. The Hall–Kier alpha value is -1.05. The van der Waals surface area contributed by atoms with E-state index in [1.807, 2.05) is 0 Å².